The standard InChI is InChI=1S/C24H32O3/c1-4-6-8-13-22(5-2)27-24(25)19(3)21-14-16-23(17-15-21)26-18-20-11-9-7-10-12-20/h7,9-12,14-17,19,22H,4-6,8,13,18H2,1-3H3. The van der Waals surface area contributed by atoms with Gasteiger partial charge < -0.3 is 9.47 Å². The fourth-order valence-electron chi connectivity index (χ4n) is 2.96. The van der Waals surface area contributed by atoms with Gasteiger partial charge in [0.2, 0.25) is 0 Å². The smallest absolute Gasteiger partial charge is 0.313 e. The van der Waals surface area contributed by atoms with Gasteiger partial charge in [0, 0.05) is 0 Å². The summed E-state index contributed by atoms with van der Waals surface area (Å²) in [6.07, 6.45) is 5.33. The van der Waals surface area contributed by atoms with Crippen LogP contribution in [0.25, 0.3) is 0 Å². The molecule has 2 rings (SSSR count). The molecular formula is C24H32O3. The van der Waals surface area contributed by atoms with Crippen LogP contribution in [-0.2, 0) is 16.1 Å². The van der Waals surface area contributed by atoms with Crippen LogP contribution in [0.15, 0.2) is 54.6 Å². The molecule has 0 aromatic heterocycles. The average Bonchev–Trinajstić information content (AvgIpc) is 2.72. The molecule has 3 heteroatoms. The summed E-state index contributed by atoms with van der Waals surface area (Å²) in [6.45, 7) is 6.70. The van der Waals surface area contributed by atoms with Gasteiger partial charge in [-0.2, -0.15) is 0 Å². The summed E-state index contributed by atoms with van der Waals surface area (Å²) in [5, 5.41) is 0. The molecule has 0 radical (unpaired) electrons. The third-order valence-corrected chi connectivity index (χ3v) is 4.85. The van der Waals surface area contributed by atoms with Crippen LogP contribution in [0.3, 0.4) is 0 Å². The van der Waals surface area contributed by atoms with Crippen molar-refractivity contribution in [3.63, 3.8) is 0 Å². The third-order valence-electron chi connectivity index (χ3n) is 4.85. The van der Waals surface area contributed by atoms with E-state index in [-0.39, 0.29) is 18.0 Å². The summed E-state index contributed by atoms with van der Waals surface area (Å²) in [4.78, 5) is 12.5. The van der Waals surface area contributed by atoms with Crippen LogP contribution < -0.4 is 4.74 Å². The van der Waals surface area contributed by atoms with Crippen molar-refractivity contribution in [2.45, 2.75) is 71.5 Å². The van der Waals surface area contributed by atoms with Crippen molar-refractivity contribution in [1.82, 2.24) is 0 Å². The fraction of sp³-hybridized carbons (Fsp3) is 0.458. The highest BCUT2D eigenvalue weighted by Gasteiger charge is 2.20. The molecule has 2 aromatic rings. The van der Waals surface area contributed by atoms with E-state index in [2.05, 4.69) is 13.8 Å². The number of carbonyl (C=O) groups excluding carboxylic acids is 1. The molecule has 0 spiro atoms. The molecule has 0 aliphatic heterocycles. The molecule has 0 saturated heterocycles. The van der Waals surface area contributed by atoms with Gasteiger partial charge in [-0.15, -0.1) is 0 Å². The van der Waals surface area contributed by atoms with Crippen molar-refractivity contribution in [3.8, 4) is 5.75 Å². The monoisotopic (exact) mass is 368 g/mol. The minimum Gasteiger partial charge on any atom is -0.489 e. The summed E-state index contributed by atoms with van der Waals surface area (Å²) in [6, 6.07) is 17.8. The predicted molar refractivity (Wildman–Crippen MR) is 110 cm³/mol. The summed E-state index contributed by atoms with van der Waals surface area (Å²) in [5.74, 6) is 0.388. The first-order valence-electron chi connectivity index (χ1n) is 10.1. The molecule has 2 unspecified atom stereocenters. The normalized spacial score (nSPS) is 13.0. The van der Waals surface area contributed by atoms with Gasteiger partial charge in [-0.3, -0.25) is 4.79 Å². The molecule has 0 aliphatic rings. The highest BCUT2D eigenvalue weighted by Crippen LogP contribution is 2.23. The number of unbranched alkanes of at least 4 members (excludes halogenated alkanes) is 2. The van der Waals surface area contributed by atoms with E-state index < -0.39 is 0 Å². The highest BCUT2D eigenvalue weighted by atomic mass is 16.5. The largest absolute Gasteiger partial charge is 0.489 e. The first-order valence-corrected chi connectivity index (χ1v) is 10.1. The van der Waals surface area contributed by atoms with Gasteiger partial charge in [-0.05, 0) is 49.4 Å². The lowest BCUT2D eigenvalue weighted by molar-refractivity contribution is -0.151. The molecule has 0 aliphatic carbocycles. The van der Waals surface area contributed by atoms with E-state index >= 15 is 0 Å². The van der Waals surface area contributed by atoms with Crippen LogP contribution in [0.4, 0.5) is 0 Å². The second-order valence-corrected chi connectivity index (χ2v) is 7.03. The molecule has 0 heterocycles. The lowest BCUT2D eigenvalue weighted by Gasteiger charge is -2.19. The number of ether oxygens (including phenoxy) is 2. The Morgan fingerprint density at radius 3 is 2.30 bits per heavy atom. The molecule has 2 aromatic carbocycles. The first kappa shape index (κ1) is 21.0. The Morgan fingerprint density at radius 1 is 0.963 bits per heavy atom. The van der Waals surface area contributed by atoms with E-state index in [1.165, 1.54) is 12.8 Å². The molecule has 0 amide bonds. The Balaban J connectivity index is 1.86. The van der Waals surface area contributed by atoms with Crippen LogP contribution in [0.5, 0.6) is 5.75 Å². The molecule has 27 heavy (non-hydrogen) atoms. The lowest BCUT2D eigenvalue weighted by atomic mass is 10.0. The number of benzene rings is 2. The highest BCUT2D eigenvalue weighted by molar-refractivity contribution is 5.77. The number of rotatable bonds is 11. The van der Waals surface area contributed by atoms with Gasteiger partial charge in [0.05, 0.1) is 5.92 Å². The molecular weight excluding hydrogens is 336 g/mol. The van der Waals surface area contributed by atoms with E-state index in [1.54, 1.807) is 0 Å². The Labute approximate surface area is 163 Å². The van der Waals surface area contributed by atoms with Crippen molar-refractivity contribution in [2.24, 2.45) is 0 Å². The van der Waals surface area contributed by atoms with E-state index in [9.17, 15) is 4.79 Å². The van der Waals surface area contributed by atoms with Crippen molar-refractivity contribution in [1.29, 1.82) is 0 Å². The predicted octanol–water partition coefficient (Wildman–Crippen LogP) is 6.27. The zero-order valence-corrected chi connectivity index (χ0v) is 16.8. The van der Waals surface area contributed by atoms with Gasteiger partial charge >= 0.3 is 5.97 Å². The van der Waals surface area contributed by atoms with Gasteiger partial charge in [0.25, 0.3) is 0 Å². The second kappa shape index (κ2) is 11.4. The van der Waals surface area contributed by atoms with Gasteiger partial charge in [-0.1, -0.05) is 69.2 Å². The van der Waals surface area contributed by atoms with Crippen LogP contribution in [0.2, 0.25) is 0 Å². The van der Waals surface area contributed by atoms with Crippen molar-refractivity contribution >= 4 is 5.97 Å². The van der Waals surface area contributed by atoms with Crippen molar-refractivity contribution in [2.75, 3.05) is 0 Å². The summed E-state index contributed by atoms with van der Waals surface area (Å²) in [5.41, 5.74) is 2.09. The minimum atomic E-state index is -0.270. The van der Waals surface area contributed by atoms with Gasteiger partial charge in [-0.25, -0.2) is 0 Å². The van der Waals surface area contributed by atoms with E-state index in [0.29, 0.717) is 6.61 Å². The maximum Gasteiger partial charge on any atom is 0.313 e. The zero-order valence-electron chi connectivity index (χ0n) is 16.8. The summed E-state index contributed by atoms with van der Waals surface area (Å²) >= 11 is 0. The summed E-state index contributed by atoms with van der Waals surface area (Å²) in [7, 11) is 0. The molecule has 2 atom stereocenters. The molecule has 0 saturated carbocycles. The van der Waals surface area contributed by atoms with E-state index in [1.807, 2.05) is 61.5 Å². The third kappa shape index (κ3) is 7.09. The van der Waals surface area contributed by atoms with Crippen molar-refractivity contribution < 1.29 is 14.3 Å². The minimum absolute atomic E-state index is 0.0278. The Hall–Kier alpha value is -2.29. The molecule has 0 bridgehead atoms. The number of hydrogen-bond donors (Lipinski definition) is 0. The molecule has 0 fully saturated rings. The average molecular weight is 369 g/mol. The van der Waals surface area contributed by atoms with Crippen LogP contribution >= 0.6 is 0 Å². The SMILES string of the molecule is CCCCCC(CC)OC(=O)C(C)c1ccc(OCc2ccccc2)cc1. The van der Waals surface area contributed by atoms with Crippen LogP contribution in [0.1, 0.15) is 69.9 Å². The van der Waals surface area contributed by atoms with E-state index in [0.717, 1.165) is 36.1 Å². The van der Waals surface area contributed by atoms with E-state index in [4.69, 9.17) is 9.47 Å². The zero-order chi connectivity index (χ0) is 19.5. The maximum absolute atomic E-state index is 12.5. The second-order valence-electron chi connectivity index (χ2n) is 7.03. The number of hydrogen-bond acceptors (Lipinski definition) is 3. The number of esters is 1. The fourth-order valence-corrected chi connectivity index (χ4v) is 2.96. The maximum atomic E-state index is 12.5. The lowest BCUT2D eigenvalue weighted by Crippen LogP contribution is -2.21. The van der Waals surface area contributed by atoms with Gasteiger partial charge in [0.15, 0.2) is 0 Å². The molecule has 146 valence electrons. The Kier molecular flexibility index (Phi) is 8.90. The summed E-state index contributed by atoms with van der Waals surface area (Å²) < 4.78 is 11.5. The van der Waals surface area contributed by atoms with Crippen LogP contribution in [-0.4, -0.2) is 12.1 Å². The molecule has 0 N–H and O–H groups in total. The number of carbonyl (C=O) groups is 1. The molecule has 3 nitrogen and oxygen atoms in total. The van der Waals surface area contributed by atoms with Crippen LogP contribution in [0, 0.1) is 0 Å². The first-order chi connectivity index (χ1) is 13.1. The topological polar surface area (TPSA) is 35.5 Å². The van der Waals surface area contributed by atoms with Crippen molar-refractivity contribution in [3.05, 3.63) is 65.7 Å². The Bertz CT molecular complexity index is 664. The Morgan fingerprint density at radius 2 is 1.67 bits per heavy atom. The quantitative estimate of drug-likeness (QED) is 0.346. The van der Waals surface area contributed by atoms with Gasteiger partial charge in [0.1, 0.15) is 18.5 Å².